The van der Waals surface area contributed by atoms with Gasteiger partial charge in [0.2, 0.25) is 5.91 Å². The Morgan fingerprint density at radius 3 is 2.56 bits per heavy atom. The summed E-state index contributed by atoms with van der Waals surface area (Å²) < 4.78 is 17.9. The monoisotopic (exact) mass is 444 g/mol. The zero-order valence-corrected chi connectivity index (χ0v) is 20.7. The number of likely N-dealkylation sites (tertiary alicyclic amines) is 1. The quantitative estimate of drug-likeness (QED) is 0.472. The molecule has 0 radical (unpaired) electrons. The molecule has 0 saturated carbocycles. The van der Waals surface area contributed by atoms with Crippen molar-refractivity contribution in [1.29, 1.82) is 0 Å². The van der Waals surface area contributed by atoms with Crippen molar-refractivity contribution in [3.63, 3.8) is 0 Å². The molecule has 1 heterocycles. The summed E-state index contributed by atoms with van der Waals surface area (Å²) in [5.41, 5.74) is 4.07. The Kier molecular flexibility index (Phi) is 12.8. The predicted molar refractivity (Wildman–Crippen MR) is 132 cm³/mol. The lowest BCUT2D eigenvalue weighted by molar-refractivity contribution is -0.120. The summed E-state index contributed by atoms with van der Waals surface area (Å²) >= 11 is 0. The fourth-order valence-electron chi connectivity index (χ4n) is 3.59. The van der Waals surface area contributed by atoms with Crippen LogP contribution in [0.1, 0.15) is 49.9 Å². The van der Waals surface area contributed by atoms with E-state index in [4.69, 9.17) is 4.74 Å². The summed E-state index contributed by atoms with van der Waals surface area (Å²) in [6.45, 7) is 17.8. The van der Waals surface area contributed by atoms with Gasteiger partial charge < -0.3 is 10.1 Å². The van der Waals surface area contributed by atoms with Gasteiger partial charge in [0, 0.05) is 51.7 Å². The number of allylic oxidation sites excluding steroid dienone is 4. The number of carbonyl (C=O) groups excluding carboxylic acids is 1. The minimum atomic E-state index is -0.400. The first-order valence-corrected chi connectivity index (χ1v) is 11.4. The molecule has 1 N–H and O–H groups in total. The van der Waals surface area contributed by atoms with Crippen molar-refractivity contribution in [2.24, 2.45) is 11.8 Å². The number of carbonyl (C=O) groups is 1. The lowest BCUT2D eigenvalue weighted by Crippen LogP contribution is -2.52. The number of nitrogens with one attached hydrogen (secondary N) is 1. The third kappa shape index (κ3) is 9.92. The second-order valence-corrected chi connectivity index (χ2v) is 8.83. The summed E-state index contributed by atoms with van der Waals surface area (Å²) in [4.78, 5) is 14.2. The van der Waals surface area contributed by atoms with Crippen LogP contribution in [0.5, 0.6) is 0 Å². The van der Waals surface area contributed by atoms with E-state index < -0.39 is 5.83 Å². The zero-order valence-electron chi connectivity index (χ0n) is 20.7. The fraction of sp³-hybridized carbons (Fsp3) is 0.519. The van der Waals surface area contributed by atoms with Gasteiger partial charge in [-0.1, -0.05) is 50.8 Å². The Balaban J connectivity index is 0.000000751. The number of rotatable bonds is 10. The Labute approximate surface area is 194 Å². The molecule has 0 spiro atoms. The highest BCUT2D eigenvalue weighted by molar-refractivity contribution is 5.77. The minimum absolute atomic E-state index is 0.0753. The van der Waals surface area contributed by atoms with Crippen LogP contribution in [0.25, 0.3) is 0 Å². The predicted octanol–water partition coefficient (Wildman–Crippen LogP) is 5.69. The smallest absolute Gasteiger partial charge is 0.223 e. The molecule has 32 heavy (non-hydrogen) atoms. The van der Waals surface area contributed by atoms with E-state index in [1.807, 2.05) is 0 Å². The Morgan fingerprint density at radius 2 is 2.00 bits per heavy atom. The molecule has 4 nitrogen and oxygen atoms in total. The van der Waals surface area contributed by atoms with Gasteiger partial charge in [0.05, 0.1) is 0 Å². The number of benzene rings is 1. The highest BCUT2D eigenvalue weighted by Gasteiger charge is 2.31. The van der Waals surface area contributed by atoms with Gasteiger partial charge in [0.1, 0.15) is 5.83 Å². The van der Waals surface area contributed by atoms with Gasteiger partial charge >= 0.3 is 0 Å². The van der Waals surface area contributed by atoms with Crippen LogP contribution in [0.2, 0.25) is 0 Å². The second kappa shape index (κ2) is 14.8. The largest absolute Gasteiger partial charge is 0.384 e. The molecule has 1 saturated heterocycles. The maximum Gasteiger partial charge on any atom is 0.223 e. The Morgan fingerprint density at radius 1 is 1.31 bits per heavy atom. The molecule has 1 aliphatic heterocycles. The van der Waals surface area contributed by atoms with E-state index in [0.29, 0.717) is 24.4 Å². The molecule has 5 heteroatoms. The first-order valence-electron chi connectivity index (χ1n) is 11.4. The van der Waals surface area contributed by atoms with Crippen molar-refractivity contribution in [2.75, 3.05) is 33.4 Å². The molecule has 0 aliphatic carbocycles. The molecular formula is C27H41FN2O2. The minimum Gasteiger partial charge on any atom is -0.384 e. The van der Waals surface area contributed by atoms with E-state index in [9.17, 15) is 9.18 Å². The topological polar surface area (TPSA) is 41.6 Å². The number of nitrogens with zero attached hydrogens (tertiary/aromatic N) is 1. The average molecular weight is 445 g/mol. The lowest BCUT2D eigenvalue weighted by atomic mass is 9.92. The highest BCUT2D eigenvalue weighted by Crippen LogP contribution is 2.30. The van der Waals surface area contributed by atoms with Gasteiger partial charge in [-0.3, -0.25) is 9.69 Å². The number of halogens is 1. The van der Waals surface area contributed by atoms with Gasteiger partial charge in [-0.2, -0.15) is 0 Å². The molecule has 2 rings (SSSR count). The molecule has 178 valence electrons. The first kappa shape index (κ1) is 27.8. The third-order valence-corrected chi connectivity index (χ3v) is 5.58. The van der Waals surface area contributed by atoms with Gasteiger partial charge in [-0.05, 0) is 55.5 Å². The average Bonchev–Trinajstić information content (AvgIpc) is 2.69. The van der Waals surface area contributed by atoms with Gasteiger partial charge in [0.15, 0.2) is 0 Å². The Bertz CT molecular complexity index is 780. The van der Waals surface area contributed by atoms with Crippen molar-refractivity contribution in [2.45, 2.75) is 47.1 Å². The van der Waals surface area contributed by atoms with Crippen molar-refractivity contribution in [1.82, 2.24) is 10.2 Å². The maximum atomic E-state index is 13.1. The van der Waals surface area contributed by atoms with Crippen LogP contribution in [0, 0.1) is 25.7 Å². The first-order chi connectivity index (χ1) is 15.2. The van der Waals surface area contributed by atoms with Crippen LogP contribution in [0.4, 0.5) is 4.39 Å². The molecule has 1 fully saturated rings. The maximum absolute atomic E-state index is 13.1. The molecular weight excluding hydrogens is 403 g/mol. The fourth-order valence-corrected chi connectivity index (χ4v) is 3.59. The number of aryl methyl sites for hydroxylation is 1. The number of methoxy groups -OCH3 is 1. The molecule has 1 aliphatic rings. The van der Waals surface area contributed by atoms with Gasteiger partial charge in [0.25, 0.3) is 0 Å². The summed E-state index contributed by atoms with van der Waals surface area (Å²) in [6.07, 6.45) is 5.64. The van der Waals surface area contributed by atoms with Crippen LogP contribution < -0.4 is 5.32 Å². The highest BCUT2D eigenvalue weighted by atomic mass is 19.1. The van der Waals surface area contributed by atoms with E-state index >= 15 is 0 Å². The molecule has 1 aromatic carbocycles. The van der Waals surface area contributed by atoms with Crippen molar-refractivity contribution < 1.29 is 13.9 Å². The number of hydrogen-bond donors (Lipinski definition) is 1. The normalized spacial score (nSPS) is 15.8. The summed E-state index contributed by atoms with van der Waals surface area (Å²) in [7, 11) is 1.72. The molecule has 0 aromatic heterocycles. The number of hydrogen-bond acceptors (Lipinski definition) is 3. The van der Waals surface area contributed by atoms with E-state index in [1.165, 1.54) is 41.0 Å². The number of ether oxygens (including phenoxy) is 1. The van der Waals surface area contributed by atoms with Crippen molar-refractivity contribution in [3.05, 3.63) is 71.6 Å². The SMILES string of the molecule is C=C/C=C(F)\C=C\CC(=O)NCC1CN(C(C)c2cccc(C)c2C)C1.COCC(C)C. The van der Waals surface area contributed by atoms with Crippen molar-refractivity contribution in [3.8, 4) is 0 Å². The second-order valence-electron chi connectivity index (χ2n) is 8.83. The molecule has 1 atom stereocenters. The van der Waals surface area contributed by atoms with Crippen LogP contribution in [-0.2, 0) is 9.53 Å². The van der Waals surface area contributed by atoms with Gasteiger partial charge in [-0.15, -0.1) is 0 Å². The molecule has 1 amide bonds. The standard InChI is InChI=1S/C22H29FN2O.C5H12O/c1-5-8-20(23)10-7-12-22(26)24-13-19-14-25(15-19)18(4)21-11-6-9-16(2)17(21)3;1-5(2)4-6-3/h5-11,18-19H,1,12-15H2,2-4H3,(H,24,26);5H,4H2,1-3H3/b10-7+,20-8+;. The van der Waals surface area contributed by atoms with E-state index in [2.05, 4.69) is 69.6 Å². The number of amides is 1. The van der Waals surface area contributed by atoms with E-state index in [0.717, 1.165) is 19.7 Å². The zero-order chi connectivity index (χ0) is 24.1. The summed E-state index contributed by atoms with van der Waals surface area (Å²) in [6, 6.07) is 6.86. The van der Waals surface area contributed by atoms with Crippen LogP contribution in [-0.4, -0.2) is 44.2 Å². The lowest BCUT2D eigenvalue weighted by Gasteiger charge is -2.44. The van der Waals surface area contributed by atoms with Crippen LogP contribution in [0.15, 0.2) is 54.9 Å². The van der Waals surface area contributed by atoms with E-state index in [1.54, 1.807) is 7.11 Å². The van der Waals surface area contributed by atoms with Crippen molar-refractivity contribution >= 4 is 5.91 Å². The van der Waals surface area contributed by atoms with E-state index in [-0.39, 0.29) is 12.3 Å². The molecule has 1 unspecified atom stereocenters. The molecule has 0 bridgehead atoms. The summed E-state index contributed by atoms with van der Waals surface area (Å²) in [5.74, 6) is 0.680. The third-order valence-electron chi connectivity index (χ3n) is 5.58. The molecule has 1 aromatic rings. The van der Waals surface area contributed by atoms with Gasteiger partial charge in [-0.25, -0.2) is 4.39 Å². The summed E-state index contributed by atoms with van der Waals surface area (Å²) in [5, 5.41) is 2.93. The Hall–Kier alpha value is -2.24. The van der Waals surface area contributed by atoms with Crippen LogP contribution >= 0.6 is 0 Å². The van der Waals surface area contributed by atoms with Crippen LogP contribution in [0.3, 0.4) is 0 Å².